The fourth-order valence-corrected chi connectivity index (χ4v) is 2.39. The fraction of sp³-hybridized carbons (Fsp3) is 0.0769. The van der Waals surface area contributed by atoms with Crippen molar-refractivity contribution in [1.82, 2.24) is 9.97 Å². The molecule has 84 valence electrons. The van der Waals surface area contributed by atoms with E-state index in [2.05, 4.69) is 9.97 Å². The molecule has 0 saturated carbocycles. The van der Waals surface area contributed by atoms with Crippen LogP contribution in [0.15, 0.2) is 48.0 Å². The third kappa shape index (κ3) is 1.92. The summed E-state index contributed by atoms with van der Waals surface area (Å²) in [4.78, 5) is 8.57. The van der Waals surface area contributed by atoms with E-state index in [0.717, 1.165) is 15.8 Å². The molecule has 17 heavy (non-hydrogen) atoms. The van der Waals surface area contributed by atoms with Gasteiger partial charge in [-0.25, -0.2) is 9.97 Å². The molecule has 0 radical (unpaired) electrons. The Morgan fingerprint density at radius 2 is 1.94 bits per heavy atom. The first kappa shape index (κ1) is 10.4. The number of aromatic nitrogens is 2. The smallest absolute Gasteiger partial charge is 0.162 e. The first-order valence-electron chi connectivity index (χ1n) is 5.28. The highest BCUT2D eigenvalue weighted by Crippen LogP contribution is 2.22. The number of aliphatic hydroxyl groups is 1. The van der Waals surface area contributed by atoms with Gasteiger partial charge < -0.3 is 5.11 Å². The molecule has 0 aliphatic carbocycles. The van der Waals surface area contributed by atoms with Gasteiger partial charge in [-0.3, -0.25) is 0 Å². The second-order valence-corrected chi connectivity index (χ2v) is 4.66. The molecule has 1 N–H and O–H groups in total. The monoisotopic (exact) mass is 242 g/mol. The van der Waals surface area contributed by atoms with Crippen molar-refractivity contribution in [3.8, 4) is 0 Å². The zero-order valence-corrected chi connectivity index (χ0v) is 9.76. The van der Waals surface area contributed by atoms with Crippen molar-refractivity contribution in [1.29, 1.82) is 0 Å². The molecule has 1 atom stereocenters. The summed E-state index contributed by atoms with van der Waals surface area (Å²) in [5.41, 5.74) is 1.69. The van der Waals surface area contributed by atoms with Gasteiger partial charge in [-0.2, -0.15) is 0 Å². The summed E-state index contributed by atoms with van der Waals surface area (Å²) in [5.74, 6) is 0.446. The van der Waals surface area contributed by atoms with Crippen molar-refractivity contribution in [3.05, 3.63) is 59.4 Å². The van der Waals surface area contributed by atoms with Gasteiger partial charge in [-0.1, -0.05) is 30.3 Å². The molecule has 0 bridgehead atoms. The number of rotatable bonds is 2. The molecule has 4 heteroatoms. The van der Waals surface area contributed by atoms with Gasteiger partial charge in [0.2, 0.25) is 0 Å². The van der Waals surface area contributed by atoms with E-state index in [1.807, 2.05) is 41.8 Å². The molecule has 1 unspecified atom stereocenters. The maximum Gasteiger partial charge on any atom is 0.162 e. The molecule has 0 spiro atoms. The molecular weight excluding hydrogens is 232 g/mol. The van der Waals surface area contributed by atoms with Crippen molar-refractivity contribution in [2.75, 3.05) is 0 Å². The minimum Gasteiger partial charge on any atom is -0.380 e. The Bertz CT molecular complexity index is 636. The van der Waals surface area contributed by atoms with Crippen LogP contribution in [0.3, 0.4) is 0 Å². The molecule has 0 aliphatic rings. The lowest BCUT2D eigenvalue weighted by Gasteiger charge is -2.08. The van der Waals surface area contributed by atoms with Gasteiger partial charge in [-0.15, -0.1) is 11.3 Å². The minimum atomic E-state index is -0.763. The normalized spacial score (nSPS) is 12.8. The number of nitrogens with zero attached hydrogens (tertiary/aromatic N) is 2. The van der Waals surface area contributed by atoms with E-state index in [1.165, 1.54) is 0 Å². The van der Waals surface area contributed by atoms with Crippen molar-refractivity contribution >= 4 is 21.6 Å². The lowest BCUT2D eigenvalue weighted by molar-refractivity contribution is 0.210. The lowest BCUT2D eigenvalue weighted by atomic mass is 10.1. The van der Waals surface area contributed by atoms with Crippen molar-refractivity contribution < 1.29 is 5.11 Å². The van der Waals surface area contributed by atoms with E-state index >= 15 is 0 Å². The number of fused-ring (bicyclic) bond motifs is 1. The Morgan fingerprint density at radius 3 is 2.76 bits per heavy atom. The van der Waals surface area contributed by atoms with Gasteiger partial charge in [0.15, 0.2) is 5.82 Å². The standard InChI is InChI=1S/C13H10N2OS/c16-12(9-4-2-1-3-5-9)13-14-8-11-10(15-13)6-7-17-11/h1-8,12,16H. The maximum absolute atomic E-state index is 10.2. The van der Waals surface area contributed by atoms with Gasteiger partial charge in [-0.05, 0) is 17.0 Å². The molecule has 2 aromatic heterocycles. The van der Waals surface area contributed by atoms with E-state index in [9.17, 15) is 5.11 Å². The molecule has 3 nitrogen and oxygen atoms in total. The van der Waals surface area contributed by atoms with Gasteiger partial charge in [0, 0.05) is 6.20 Å². The van der Waals surface area contributed by atoms with Crippen molar-refractivity contribution in [2.24, 2.45) is 0 Å². The van der Waals surface area contributed by atoms with E-state index < -0.39 is 6.10 Å². The Kier molecular flexibility index (Phi) is 2.59. The third-order valence-corrected chi connectivity index (χ3v) is 3.42. The summed E-state index contributed by atoms with van der Waals surface area (Å²) in [6.45, 7) is 0. The Labute approximate surface area is 102 Å². The predicted octanol–water partition coefficient (Wildman–Crippen LogP) is 2.77. The highest BCUT2D eigenvalue weighted by Gasteiger charge is 2.13. The van der Waals surface area contributed by atoms with Crippen LogP contribution in [-0.2, 0) is 0 Å². The first-order chi connectivity index (χ1) is 8.34. The van der Waals surface area contributed by atoms with Gasteiger partial charge in [0.1, 0.15) is 6.10 Å². The first-order valence-corrected chi connectivity index (χ1v) is 6.16. The van der Waals surface area contributed by atoms with Crippen LogP contribution < -0.4 is 0 Å². The van der Waals surface area contributed by atoms with E-state index in [1.54, 1.807) is 17.5 Å². The number of aliphatic hydroxyl groups excluding tert-OH is 1. The molecule has 3 aromatic rings. The number of thiophene rings is 1. The van der Waals surface area contributed by atoms with Crippen LogP contribution in [0.1, 0.15) is 17.5 Å². The van der Waals surface area contributed by atoms with Crippen LogP contribution in [-0.4, -0.2) is 15.1 Å². The summed E-state index contributed by atoms with van der Waals surface area (Å²) in [6.07, 6.45) is 0.995. The van der Waals surface area contributed by atoms with Crippen molar-refractivity contribution in [3.63, 3.8) is 0 Å². The summed E-state index contributed by atoms with van der Waals surface area (Å²) >= 11 is 1.60. The van der Waals surface area contributed by atoms with Gasteiger partial charge in [0.25, 0.3) is 0 Å². The average molecular weight is 242 g/mol. The van der Waals surface area contributed by atoms with Crippen LogP contribution in [0.25, 0.3) is 10.2 Å². The largest absolute Gasteiger partial charge is 0.380 e. The average Bonchev–Trinajstić information content (AvgIpc) is 2.86. The topological polar surface area (TPSA) is 46.0 Å². The second-order valence-electron chi connectivity index (χ2n) is 3.71. The number of hydrogen-bond acceptors (Lipinski definition) is 4. The van der Waals surface area contributed by atoms with Crippen LogP contribution in [0, 0.1) is 0 Å². The third-order valence-electron chi connectivity index (χ3n) is 2.58. The number of hydrogen-bond donors (Lipinski definition) is 1. The maximum atomic E-state index is 10.2. The van der Waals surface area contributed by atoms with Crippen LogP contribution in [0.4, 0.5) is 0 Å². The molecule has 1 aromatic carbocycles. The summed E-state index contributed by atoms with van der Waals surface area (Å²) in [6, 6.07) is 11.4. The zero-order valence-electron chi connectivity index (χ0n) is 8.95. The minimum absolute atomic E-state index is 0.446. The van der Waals surface area contributed by atoms with E-state index in [4.69, 9.17) is 0 Å². The quantitative estimate of drug-likeness (QED) is 0.751. The SMILES string of the molecule is OC(c1ccccc1)c1ncc2sccc2n1. The molecule has 2 heterocycles. The van der Waals surface area contributed by atoms with Crippen LogP contribution in [0.2, 0.25) is 0 Å². The lowest BCUT2D eigenvalue weighted by Crippen LogP contribution is -2.04. The molecular formula is C13H10N2OS. The molecule has 0 fully saturated rings. The van der Waals surface area contributed by atoms with Gasteiger partial charge in [0.05, 0.1) is 10.2 Å². The van der Waals surface area contributed by atoms with E-state index in [0.29, 0.717) is 5.82 Å². The summed E-state index contributed by atoms with van der Waals surface area (Å²) < 4.78 is 1.04. The van der Waals surface area contributed by atoms with Crippen LogP contribution >= 0.6 is 11.3 Å². The Hall–Kier alpha value is -1.78. The van der Waals surface area contributed by atoms with Crippen LogP contribution in [0.5, 0.6) is 0 Å². The highest BCUT2D eigenvalue weighted by atomic mass is 32.1. The molecule has 3 rings (SSSR count). The molecule has 0 aliphatic heterocycles. The Morgan fingerprint density at radius 1 is 1.12 bits per heavy atom. The highest BCUT2D eigenvalue weighted by molar-refractivity contribution is 7.17. The summed E-state index contributed by atoms with van der Waals surface area (Å²) in [7, 11) is 0. The van der Waals surface area contributed by atoms with E-state index in [-0.39, 0.29) is 0 Å². The number of benzene rings is 1. The van der Waals surface area contributed by atoms with Gasteiger partial charge >= 0.3 is 0 Å². The Balaban J connectivity index is 2.03. The summed E-state index contributed by atoms with van der Waals surface area (Å²) in [5, 5.41) is 12.1. The molecule has 0 saturated heterocycles. The van der Waals surface area contributed by atoms with Crippen molar-refractivity contribution in [2.45, 2.75) is 6.10 Å². The predicted molar refractivity (Wildman–Crippen MR) is 67.9 cm³/mol. The fourth-order valence-electron chi connectivity index (χ4n) is 1.70. The molecule has 0 amide bonds. The second kappa shape index (κ2) is 4.24. The zero-order chi connectivity index (χ0) is 11.7.